The fourth-order valence-corrected chi connectivity index (χ4v) is 3.19. The zero-order valence-corrected chi connectivity index (χ0v) is 11.4. The summed E-state index contributed by atoms with van der Waals surface area (Å²) in [6.45, 7) is 0.285. The minimum Gasteiger partial charge on any atom is -0.310 e. The van der Waals surface area contributed by atoms with Gasteiger partial charge in [-0.1, -0.05) is 6.07 Å². The number of halogens is 2. The second kappa shape index (κ2) is 6.53. The largest absolute Gasteiger partial charge is 0.310 e. The van der Waals surface area contributed by atoms with Gasteiger partial charge in [0.15, 0.2) is 0 Å². The third kappa shape index (κ3) is 3.45. The van der Waals surface area contributed by atoms with Crippen molar-refractivity contribution in [3.8, 4) is 0 Å². The van der Waals surface area contributed by atoms with Crippen molar-refractivity contribution in [2.45, 2.75) is 43.5 Å². The van der Waals surface area contributed by atoms with Crippen LogP contribution in [0.25, 0.3) is 0 Å². The summed E-state index contributed by atoms with van der Waals surface area (Å²) in [5, 5.41) is 4.03. The van der Waals surface area contributed by atoms with Gasteiger partial charge in [0.2, 0.25) is 0 Å². The van der Waals surface area contributed by atoms with E-state index in [1.54, 1.807) is 0 Å². The Bertz CT molecular complexity index is 369. The minimum absolute atomic E-state index is 0.157. The van der Waals surface area contributed by atoms with Crippen LogP contribution in [-0.4, -0.2) is 17.5 Å². The van der Waals surface area contributed by atoms with E-state index >= 15 is 0 Å². The zero-order chi connectivity index (χ0) is 13.0. The van der Waals surface area contributed by atoms with Crippen LogP contribution in [-0.2, 0) is 6.54 Å². The van der Waals surface area contributed by atoms with E-state index in [0.717, 1.165) is 18.1 Å². The molecule has 0 saturated heterocycles. The lowest BCUT2D eigenvalue weighted by Gasteiger charge is -2.28. The molecule has 2 rings (SSSR count). The fourth-order valence-electron chi connectivity index (χ4n) is 2.45. The summed E-state index contributed by atoms with van der Waals surface area (Å²) < 4.78 is 26.9. The molecule has 18 heavy (non-hydrogen) atoms. The monoisotopic (exact) mass is 271 g/mol. The van der Waals surface area contributed by atoms with Gasteiger partial charge in [0.05, 0.1) is 0 Å². The Morgan fingerprint density at radius 1 is 1.17 bits per heavy atom. The standard InChI is InChI=1S/C14H19F2NS/c1-18-11-7-5-10(6-8-11)17-9-12-13(15)3-2-4-14(12)16/h2-4,10-11,17H,5-9H2,1H3. The number of nitrogens with one attached hydrogen (secondary N) is 1. The summed E-state index contributed by atoms with van der Waals surface area (Å²) in [6.07, 6.45) is 6.73. The number of hydrogen-bond acceptors (Lipinski definition) is 2. The van der Waals surface area contributed by atoms with Crippen LogP contribution >= 0.6 is 11.8 Å². The molecule has 1 aromatic carbocycles. The van der Waals surface area contributed by atoms with Gasteiger partial charge in [-0.15, -0.1) is 0 Å². The highest BCUT2D eigenvalue weighted by Crippen LogP contribution is 2.27. The molecule has 1 nitrogen and oxygen atoms in total. The normalized spacial score (nSPS) is 24.2. The van der Waals surface area contributed by atoms with E-state index in [4.69, 9.17) is 0 Å². The molecule has 0 atom stereocenters. The first-order valence-electron chi connectivity index (χ1n) is 6.39. The molecule has 1 fully saturated rings. The molecule has 0 spiro atoms. The third-order valence-electron chi connectivity index (χ3n) is 3.64. The third-order valence-corrected chi connectivity index (χ3v) is 4.77. The number of hydrogen-bond donors (Lipinski definition) is 1. The van der Waals surface area contributed by atoms with Crippen molar-refractivity contribution >= 4 is 11.8 Å². The molecule has 0 aromatic heterocycles. The molecule has 1 aliphatic carbocycles. The quantitative estimate of drug-likeness (QED) is 0.895. The van der Waals surface area contributed by atoms with Crippen LogP contribution < -0.4 is 5.32 Å². The summed E-state index contributed by atoms with van der Waals surface area (Å²) in [7, 11) is 0. The van der Waals surface area contributed by atoms with E-state index in [1.165, 1.54) is 31.0 Å². The molecule has 1 saturated carbocycles. The summed E-state index contributed by atoms with van der Waals surface area (Å²) in [4.78, 5) is 0. The lowest BCUT2D eigenvalue weighted by Crippen LogP contribution is -2.33. The predicted octanol–water partition coefficient (Wildman–Crippen LogP) is 3.73. The van der Waals surface area contributed by atoms with Gasteiger partial charge < -0.3 is 5.32 Å². The zero-order valence-electron chi connectivity index (χ0n) is 10.6. The molecule has 0 amide bonds. The van der Waals surface area contributed by atoms with E-state index in [2.05, 4.69) is 11.6 Å². The Morgan fingerprint density at radius 2 is 1.78 bits per heavy atom. The van der Waals surface area contributed by atoms with Crippen molar-refractivity contribution in [1.29, 1.82) is 0 Å². The highest BCUT2D eigenvalue weighted by molar-refractivity contribution is 7.99. The summed E-state index contributed by atoms with van der Waals surface area (Å²) in [6, 6.07) is 4.42. The van der Waals surface area contributed by atoms with Gasteiger partial charge in [0.1, 0.15) is 11.6 Å². The van der Waals surface area contributed by atoms with Crippen molar-refractivity contribution in [3.63, 3.8) is 0 Å². The van der Waals surface area contributed by atoms with Crippen LogP contribution in [0.3, 0.4) is 0 Å². The van der Waals surface area contributed by atoms with Crippen LogP contribution in [0, 0.1) is 11.6 Å². The molecular formula is C14H19F2NS. The van der Waals surface area contributed by atoms with Crippen LogP contribution in [0.5, 0.6) is 0 Å². The maximum absolute atomic E-state index is 13.4. The first-order chi connectivity index (χ1) is 8.70. The maximum atomic E-state index is 13.4. The Morgan fingerprint density at radius 3 is 2.33 bits per heavy atom. The number of benzene rings is 1. The van der Waals surface area contributed by atoms with E-state index in [9.17, 15) is 8.78 Å². The molecule has 0 radical (unpaired) electrons. The van der Waals surface area contributed by atoms with Gasteiger partial charge >= 0.3 is 0 Å². The Labute approximate surface area is 111 Å². The fraction of sp³-hybridized carbons (Fsp3) is 0.571. The smallest absolute Gasteiger partial charge is 0.130 e. The van der Waals surface area contributed by atoms with Crippen LogP contribution in [0.1, 0.15) is 31.2 Å². The minimum atomic E-state index is -0.458. The second-order valence-corrected chi connectivity index (χ2v) is 5.93. The molecule has 4 heteroatoms. The van der Waals surface area contributed by atoms with Crippen molar-refractivity contribution in [3.05, 3.63) is 35.4 Å². The Kier molecular flexibility index (Phi) is 5.01. The lowest BCUT2D eigenvalue weighted by atomic mass is 9.95. The average molecular weight is 271 g/mol. The summed E-state index contributed by atoms with van der Waals surface area (Å²) >= 11 is 1.92. The second-order valence-electron chi connectivity index (χ2n) is 4.79. The van der Waals surface area contributed by atoms with Gasteiger partial charge in [0, 0.05) is 23.4 Å². The molecule has 0 bridgehead atoms. The average Bonchev–Trinajstić information content (AvgIpc) is 2.39. The van der Waals surface area contributed by atoms with Gasteiger partial charge in [0.25, 0.3) is 0 Å². The molecular weight excluding hydrogens is 252 g/mol. The SMILES string of the molecule is CSC1CCC(NCc2c(F)cccc2F)CC1. The maximum Gasteiger partial charge on any atom is 0.130 e. The van der Waals surface area contributed by atoms with E-state index in [-0.39, 0.29) is 12.1 Å². The van der Waals surface area contributed by atoms with Gasteiger partial charge in [-0.3, -0.25) is 0 Å². The topological polar surface area (TPSA) is 12.0 Å². The van der Waals surface area contributed by atoms with Crippen molar-refractivity contribution in [1.82, 2.24) is 5.32 Å². The van der Waals surface area contributed by atoms with Crippen LogP contribution in [0.4, 0.5) is 8.78 Å². The number of thioether (sulfide) groups is 1. The summed E-state index contributed by atoms with van der Waals surface area (Å²) in [5.41, 5.74) is 0.157. The highest BCUT2D eigenvalue weighted by atomic mass is 32.2. The molecule has 0 heterocycles. The van der Waals surface area contributed by atoms with E-state index in [1.807, 2.05) is 11.8 Å². The lowest BCUT2D eigenvalue weighted by molar-refractivity contribution is 0.373. The van der Waals surface area contributed by atoms with Gasteiger partial charge in [-0.05, 0) is 44.1 Å². The van der Waals surface area contributed by atoms with E-state index in [0.29, 0.717) is 6.04 Å². The molecule has 1 aromatic rings. The molecule has 1 aliphatic rings. The molecule has 100 valence electrons. The first kappa shape index (κ1) is 13.8. The van der Waals surface area contributed by atoms with Gasteiger partial charge in [-0.2, -0.15) is 11.8 Å². The number of rotatable bonds is 4. The van der Waals surface area contributed by atoms with Crippen LogP contribution in [0.15, 0.2) is 18.2 Å². The van der Waals surface area contributed by atoms with Crippen molar-refractivity contribution < 1.29 is 8.78 Å². The summed E-state index contributed by atoms with van der Waals surface area (Å²) in [5.74, 6) is -0.916. The highest BCUT2D eigenvalue weighted by Gasteiger charge is 2.20. The molecule has 0 unspecified atom stereocenters. The van der Waals surface area contributed by atoms with Crippen molar-refractivity contribution in [2.75, 3.05) is 6.26 Å². The van der Waals surface area contributed by atoms with Crippen molar-refractivity contribution in [2.24, 2.45) is 0 Å². The predicted molar refractivity (Wildman–Crippen MR) is 72.8 cm³/mol. The van der Waals surface area contributed by atoms with Gasteiger partial charge in [-0.25, -0.2) is 8.78 Å². The first-order valence-corrected chi connectivity index (χ1v) is 7.68. The Balaban J connectivity index is 1.85. The molecule has 0 aliphatic heterocycles. The van der Waals surface area contributed by atoms with Crippen LogP contribution in [0.2, 0.25) is 0 Å². The Hall–Kier alpha value is -0.610. The van der Waals surface area contributed by atoms with E-state index < -0.39 is 11.6 Å². The molecule has 1 N–H and O–H groups in total.